The molecule has 1 unspecified atom stereocenters. The lowest BCUT2D eigenvalue weighted by atomic mass is 9.93. The van der Waals surface area contributed by atoms with Gasteiger partial charge in [0.1, 0.15) is 5.78 Å². The van der Waals surface area contributed by atoms with E-state index in [9.17, 15) is 9.59 Å². The Morgan fingerprint density at radius 3 is 2.74 bits per heavy atom. The maximum atomic E-state index is 11.9. The highest BCUT2D eigenvalue weighted by Crippen LogP contribution is 2.30. The molecule has 1 aromatic carbocycles. The zero-order valence-electron chi connectivity index (χ0n) is 13.6. The van der Waals surface area contributed by atoms with Crippen LogP contribution in [-0.2, 0) is 25.7 Å². The Morgan fingerprint density at radius 1 is 1.30 bits per heavy atom. The van der Waals surface area contributed by atoms with E-state index < -0.39 is 0 Å². The highest BCUT2D eigenvalue weighted by Gasteiger charge is 2.28. The molecule has 0 saturated heterocycles. The van der Waals surface area contributed by atoms with Crippen LogP contribution in [0, 0.1) is 5.92 Å². The third-order valence-electron chi connectivity index (χ3n) is 4.11. The molecule has 1 fully saturated rings. The maximum Gasteiger partial charge on any atom is 0.309 e. The highest BCUT2D eigenvalue weighted by molar-refractivity contribution is 5.87. The van der Waals surface area contributed by atoms with Crippen LogP contribution in [-0.4, -0.2) is 25.5 Å². The lowest BCUT2D eigenvalue weighted by molar-refractivity contribution is -0.139. The zero-order chi connectivity index (χ0) is 16.5. The van der Waals surface area contributed by atoms with Crippen LogP contribution in [0.4, 0.5) is 0 Å². The van der Waals surface area contributed by atoms with E-state index >= 15 is 0 Å². The number of carbonyl (C=O) groups excluding carboxylic acids is 2. The van der Waals surface area contributed by atoms with Crippen molar-refractivity contribution in [3.05, 3.63) is 47.5 Å². The van der Waals surface area contributed by atoms with Gasteiger partial charge in [-0.25, -0.2) is 0 Å². The number of ketones is 1. The number of hydrogen-bond acceptors (Lipinski definition) is 4. The first-order valence-corrected chi connectivity index (χ1v) is 8.11. The summed E-state index contributed by atoms with van der Waals surface area (Å²) in [6.45, 7) is 1.14. The van der Waals surface area contributed by atoms with Gasteiger partial charge in [-0.3, -0.25) is 9.59 Å². The van der Waals surface area contributed by atoms with Crippen molar-refractivity contribution in [2.45, 2.75) is 38.7 Å². The Hall–Kier alpha value is -1.94. The molecule has 23 heavy (non-hydrogen) atoms. The average Bonchev–Trinajstić information content (AvgIpc) is 3.00. The molecule has 0 spiro atoms. The molecule has 0 amide bonds. The Kier molecular flexibility index (Phi) is 7.01. The average molecular weight is 316 g/mol. The largest absolute Gasteiger partial charge is 0.469 e. The van der Waals surface area contributed by atoms with Crippen molar-refractivity contribution in [3.63, 3.8) is 0 Å². The van der Waals surface area contributed by atoms with Crippen LogP contribution in [0.2, 0.25) is 0 Å². The third-order valence-corrected chi connectivity index (χ3v) is 4.11. The van der Waals surface area contributed by atoms with Crippen molar-refractivity contribution in [2.24, 2.45) is 5.92 Å². The lowest BCUT2D eigenvalue weighted by Crippen LogP contribution is -2.14. The van der Waals surface area contributed by atoms with Crippen LogP contribution < -0.4 is 0 Å². The van der Waals surface area contributed by atoms with Crippen LogP contribution in [0.5, 0.6) is 0 Å². The molecule has 1 aliphatic rings. The molecule has 0 radical (unpaired) electrons. The van der Waals surface area contributed by atoms with Crippen molar-refractivity contribution in [1.82, 2.24) is 0 Å². The number of benzene rings is 1. The normalized spacial score (nSPS) is 18.2. The van der Waals surface area contributed by atoms with Crippen LogP contribution in [0.3, 0.4) is 0 Å². The maximum absolute atomic E-state index is 11.9. The quantitative estimate of drug-likeness (QED) is 0.419. The number of hydrogen-bond donors (Lipinski definition) is 0. The summed E-state index contributed by atoms with van der Waals surface area (Å²) in [4.78, 5) is 23.5. The van der Waals surface area contributed by atoms with Crippen LogP contribution >= 0.6 is 0 Å². The smallest absolute Gasteiger partial charge is 0.309 e. The molecule has 0 aliphatic heterocycles. The van der Waals surface area contributed by atoms with Gasteiger partial charge < -0.3 is 9.47 Å². The molecular weight excluding hydrogens is 292 g/mol. The van der Waals surface area contributed by atoms with Gasteiger partial charge in [-0.05, 0) is 24.8 Å². The SMILES string of the molecule is COC(=O)C/C(=C\CCOCc1ccccc1)C1CCCC1=O. The van der Waals surface area contributed by atoms with Gasteiger partial charge in [0.05, 0.1) is 26.7 Å². The van der Waals surface area contributed by atoms with Gasteiger partial charge >= 0.3 is 5.97 Å². The van der Waals surface area contributed by atoms with Crippen molar-refractivity contribution in [2.75, 3.05) is 13.7 Å². The number of esters is 1. The molecule has 124 valence electrons. The van der Waals surface area contributed by atoms with Crippen LogP contribution in [0.15, 0.2) is 42.0 Å². The van der Waals surface area contributed by atoms with Crippen LogP contribution in [0.1, 0.15) is 37.7 Å². The fourth-order valence-electron chi connectivity index (χ4n) is 2.88. The van der Waals surface area contributed by atoms with E-state index in [1.807, 2.05) is 36.4 Å². The monoisotopic (exact) mass is 316 g/mol. The topological polar surface area (TPSA) is 52.6 Å². The number of rotatable bonds is 8. The predicted octanol–water partition coefficient (Wildman–Crippen LogP) is 3.45. The van der Waals surface area contributed by atoms with Gasteiger partial charge in [0, 0.05) is 12.3 Å². The molecular formula is C19H24O4. The van der Waals surface area contributed by atoms with Gasteiger partial charge in [-0.2, -0.15) is 0 Å². The summed E-state index contributed by atoms with van der Waals surface area (Å²) in [5.74, 6) is -0.158. The summed E-state index contributed by atoms with van der Waals surface area (Å²) in [6.07, 6.45) is 5.25. The molecule has 4 nitrogen and oxygen atoms in total. The second kappa shape index (κ2) is 9.26. The molecule has 2 rings (SSSR count). The van der Waals surface area contributed by atoms with E-state index in [-0.39, 0.29) is 24.1 Å². The molecule has 0 aromatic heterocycles. The summed E-state index contributed by atoms with van der Waals surface area (Å²) < 4.78 is 10.4. The van der Waals surface area contributed by atoms with Crippen molar-refractivity contribution >= 4 is 11.8 Å². The molecule has 0 heterocycles. The van der Waals surface area contributed by atoms with Gasteiger partial charge in [-0.15, -0.1) is 0 Å². The fraction of sp³-hybridized carbons (Fsp3) is 0.474. The Balaban J connectivity index is 1.84. The molecule has 1 aliphatic carbocycles. The van der Waals surface area contributed by atoms with Crippen molar-refractivity contribution in [1.29, 1.82) is 0 Å². The van der Waals surface area contributed by atoms with Gasteiger partial charge in [-0.1, -0.05) is 42.0 Å². The molecule has 0 bridgehead atoms. The first-order chi connectivity index (χ1) is 11.2. The van der Waals surface area contributed by atoms with E-state index in [1.165, 1.54) is 7.11 Å². The Morgan fingerprint density at radius 2 is 2.09 bits per heavy atom. The minimum absolute atomic E-state index is 0.108. The second-order valence-corrected chi connectivity index (χ2v) is 5.77. The summed E-state index contributed by atoms with van der Waals surface area (Å²) in [6, 6.07) is 9.99. The number of methoxy groups -OCH3 is 1. The highest BCUT2D eigenvalue weighted by atomic mass is 16.5. The summed E-state index contributed by atoms with van der Waals surface area (Å²) in [5.41, 5.74) is 2.03. The second-order valence-electron chi connectivity index (χ2n) is 5.77. The molecule has 4 heteroatoms. The molecule has 0 N–H and O–H groups in total. The Bertz CT molecular complexity index is 548. The minimum Gasteiger partial charge on any atom is -0.469 e. The fourth-order valence-corrected chi connectivity index (χ4v) is 2.88. The Labute approximate surface area is 137 Å². The van der Waals surface area contributed by atoms with E-state index in [1.54, 1.807) is 0 Å². The van der Waals surface area contributed by atoms with Gasteiger partial charge in [0.2, 0.25) is 0 Å². The molecule has 1 atom stereocenters. The van der Waals surface area contributed by atoms with E-state index in [2.05, 4.69) is 0 Å². The van der Waals surface area contributed by atoms with E-state index in [0.717, 1.165) is 24.0 Å². The number of carbonyl (C=O) groups is 2. The summed E-state index contributed by atoms with van der Waals surface area (Å²) >= 11 is 0. The van der Waals surface area contributed by atoms with Crippen molar-refractivity contribution < 1.29 is 19.1 Å². The summed E-state index contributed by atoms with van der Waals surface area (Å²) in [7, 11) is 1.37. The zero-order valence-corrected chi connectivity index (χ0v) is 13.6. The first-order valence-electron chi connectivity index (χ1n) is 8.11. The minimum atomic E-state index is -0.291. The van der Waals surface area contributed by atoms with Crippen molar-refractivity contribution in [3.8, 4) is 0 Å². The van der Waals surface area contributed by atoms with E-state index in [0.29, 0.717) is 26.1 Å². The standard InChI is InChI=1S/C19H24O4/c1-22-19(21)13-16(17-10-5-11-18(17)20)9-6-12-23-14-15-7-3-2-4-8-15/h2-4,7-9,17H,5-6,10-14H2,1H3/b16-9+. The number of ether oxygens (including phenoxy) is 2. The summed E-state index contributed by atoms with van der Waals surface area (Å²) in [5, 5.41) is 0. The van der Waals surface area contributed by atoms with Gasteiger partial charge in [0.25, 0.3) is 0 Å². The first kappa shape index (κ1) is 17.4. The lowest BCUT2D eigenvalue weighted by Gasteiger charge is -2.13. The molecule has 1 saturated carbocycles. The predicted molar refractivity (Wildman–Crippen MR) is 87.8 cm³/mol. The number of Topliss-reactive ketones (excluding diaryl/α,β-unsaturated/α-hetero) is 1. The third kappa shape index (κ3) is 5.64. The van der Waals surface area contributed by atoms with Gasteiger partial charge in [0.15, 0.2) is 0 Å². The molecule has 1 aromatic rings. The van der Waals surface area contributed by atoms with E-state index in [4.69, 9.17) is 9.47 Å². The van der Waals surface area contributed by atoms with Crippen LogP contribution in [0.25, 0.3) is 0 Å².